The minimum absolute atomic E-state index is 0.528. The van der Waals surface area contributed by atoms with E-state index in [1.165, 1.54) is 17.5 Å². The molecule has 0 aromatic heterocycles. The summed E-state index contributed by atoms with van der Waals surface area (Å²) in [6.45, 7) is 7.08. The van der Waals surface area contributed by atoms with Gasteiger partial charge in [0, 0.05) is 23.6 Å². The number of aryl methyl sites for hydroxylation is 1. The Kier molecular flexibility index (Phi) is 5.68. The van der Waals surface area contributed by atoms with Gasteiger partial charge in [-0.25, -0.2) is 0 Å². The van der Waals surface area contributed by atoms with E-state index in [9.17, 15) is 0 Å². The van der Waals surface area contributed by atoms with Gasteiger partial charge in [0.05, 0.1) is 6.61 Å². The highest BCUT2D eigenvalue weighted by Crippen LogP contribution is 2.25. The van der Waals surface area contributed by atoms with E-state index in [4.69, 9.17) is 16.3 Å². The fourth-order valence-electron chi connectivity index (χ4n) is 2.70. The summed E-state index contributed by atoms with van der Waals surface area (Å²) in [5, 5.41) is 4.54. The molecule has 2 rings (SSSR count). The summed E-state index contributed by atoms with van der Waals surface area (Å²) >= 11 is 6.34. The van der Waals surface area contributed by atoms with Gasteiger partial charge in [-0.05, 0) is 49.9 Å². The van der Waals surface area contributed by atoms with Gasteiger partial charge >= 0.3 is 0 Å². The van der Waals surface area contributed by atoms with E-state index in [0.717, 1.165) is 37.6 Å². The summed E-state index contributed by atoms with van der Waals surface area (Å²) in [7, 11) is 0. The van der Waals surface area contributed by atoms with Crippen molar-refractivity contribution in [1.82, 2.24) is 5.32 Å². The maximum Gasteiger partial charge on any atom is 0.0512 e. The van der Waals surface area contributed by atoms with Gasteiger partial charge in [0.1, 0.15) is 0 Å². The number of hydrogen-bond acceptors (Lipinski definition) is 2. The summed E-state index contributed by atoms with van der Waals surface area (Å²) < 4.78 is 5.65. The molecule has 1 aromatic rings. The number of hydrogen-bond donors (Lipinski definition) is 1. The Labute approximate surface area is 121 Å². The Hall–Kier alpha value is -0.570. The first kappa shape index (κ1) is 14.8. The molecule has 1 aliphatic heterocycles. The Morgan fingerprint density at radius 2 is 2.26 bits per heavy atom. The predicted molar refractivity (Wildman–Crippen MR) is 80.9 cm³/mol. The molecule has 2 unspecified atom stereocenters. The molecule has 1 saturated heterocycles. The monoisotopic (exact) mass is 281 g/mol. The van der Waals surface area contributed by atoms with Gasteiger partial charge in [0.15, 0.2) is 0 Å². The summed E-state index contributed by atoms with van der Waals surface area (Å²) in [6.07, 6.45) is 3.28. The second kappa shape index (κ2) is 7.28. The first-order chi connectivity index (χ1) is 9.20. The summed E-state index contributed by atoms with van der Waals surface area (Å²) in [5.74, 6) is 0.528. The molecule has 2 atom stereocenters. The molecule has 1 aromatic carbocycles. The van der Waals surface area contributed by atoms with E-state index in [1.54, 1.807) is 0 Å². The molecule has 0 radical (unpaired) electrons. The van der Waals surface area contributed by atoms with Gasteiger partial charge in [0.25, 0.3) is 0 Å². The van der Waals surface area contributed by atoms with Crippen LogP contribution in [0, 0.1) is 12.8 Å². The molecule has 19 heavy (non-hydrogen) atoms. The molecule has 0 aliphatic carbocycles. The minimum Gasteiger partial charge on any atom is -0.381 e. The van der Waals surface area contributed by atoms with E-state index in [1.807, 2.05) is 0 Å². The molecule has 2 nitrogen and oxygen atoms in total. The van der Waals surface area contributed by atoms with Crippen LogP contribution < -0.4 is 5.32 Å². The number of rotatable bonds is 5. The van der Waals surface area contributed by atoms with E-state index in [-0.39, 0.29) is 0 Å². The molecule has 0 spiro atoms. The van der Waals surface area contributed by atoms with Crippen LogP contribution in [-0.4, -0.2) is 25.8 Å². The average molecular weight is 282 g/mol. The second-order valence-electron chi connectivity index (χ2n) is 5.48. The third kappa shape index (κ3) is 4.20. The van der Waals surface area contributed by atoms with Crippen LogP contribution in [0.1, 0.15) is 30.9 Å². The molecular weight excluding hydrogens is 258 g/mol. The van der Waals surface area contributed by atoms with Crippen molar-refractivity contribution in [2.24, 2.45) is 5.92 Å². The molecule has 3 heteroatoms. The SMILES string of the molecule is CCCNC1CCOCC1Cc1ccc(C)cc1Cl. The quantitative estimate of drug-likeness (QED) is 0.890. The molecular formula is C16H24ClNO. The zero-order valence-corrected chi connectivity index (χ0v) is 12.7. The van der Waals surface area contributed by atoms with Crippen LogP contribution in [0.4, 0.5) is 0 Å². The van der Waals surface area contributed by atoms with E-state index in [0.29, 0.717) is 12.0 Å². The first-order valence-corrected chi connectivity index (χ1v) is 7.64. The van der Waals surface area contributed by atoms with Gasteiger partial charge in [-0.3, -0.25) is 0 Å². The van der Waals surface area contributed by atoms with Crippen molar-refractivity contribution in [2.45, 2.75) is 39.2 Å². The van der Waals surface area contributed by atoms with Gasteiger partial charge in [-0.2, -0.15) is 0 Å². The standard InChI is InChI=1S/C16H24ClNO/c1-3-7-18-16-6-8-19-11-14(16)10-13-5-4-12(2)9-15(13)17/h4-5,9,14,16,18H,3,6-8,10-11H2,1-2H3. The lowest BCUT2D eigenvalue weighted by molar-refractivity contribution is 0.0323. The molecule has 1 heterocycles. The summed E-state index contributed by atoms with van der Waals surface area (Å²) in [4.78, 5) is 0. The Bertz CT molecular complexity index is 408. The maximum atomic E-state index is 6.34. The van der Waals surface area contributed by atoms with Crippen molar-refractivity contribution in [2.75, 3.05) is 19.8 Å². The minimum atomic E-state index is 0.528. The molecule has 1 aliphatic rings. The Morgan fingerprint density at radius 3 is 3.00 bits per heavy atom. The molecule has 1 fully saturated rings. The van der Waals surface area contributed by atoms with E-state index < -0.39 is 0 Å². The van der Waals surface area contributed by atoms with Crippen molar-refractivity contribution in [3.05, 3.63) is 34.3 Å². The lowest BCUT2D eigenvalue weighted by Gasteiger charge is -2.32. The molecule has 1 N–H and O–H groups in total. The highest BCUT2D eigenvalue weighted by Gasteiger charge is 2.25. The summed E-state index contributed by atoms with van der Waals surface area (Å²) in [6, 6.07) is 6.91. The number of ether oxygens (including phenoxy) is 1. The second-order valence-corrected chi connectivity index (χ2v) is 5.89. The molecule has 0 amide bonds. The number of halogens is 1. The van der Waals surface area contributed by atoms with Crippen LogP contribution in [0.15, 0.2) is 18.2 Å². The van der Waals surface area contributed by atoms with Crippen LogP contribution in [0.3, 0.4) is 0 Å². The zero-order valence-electron chi connectivity index (χ0n) is 11.9. The Morgan fingerprint density at radius 1 is 1.42 bits per heavy atom. The van der Waals surface area contributed by atoms with Crippen LogP contribution in [0.2, 0.25) is 5.02 Å². The van der Waals surface area contributed by atoms with Gasteiger partial charge < -0.3 is 10.1 Å². The van der Waals surface area contributed by atoms with Crippen molar-refractivity contribution >= 4 is 11.6 Å². The average Bonchev–Trinajstić information content (AvgIpc) is 2.41. The first-order valence-electron chi connectivity index (χ1n) is 7.27. The molecule has 106 valence electrons. The lowest BCUT2D eigenvalue weighted by atomic mass is 9.89. The van der Waals surface area contributed by atoms with E-state index >= 15 is 0 Å². The van der Waals surface area contributed by atoms with Gasteiger partial charge in [-0.15, -0.1) is 0 Å². The van der Waals surface area contributed by atoms with Crippen molar-refractivity contribution in [3.63, 3.8) is 0 Å². The predicted octanol–water partition coefficient (Wildman–Crippen LogP) is 3.60. The zero-order chi connectivity index (χ0) is 13.7. The summed E-state index contributed by atoms with van der Waals surface area (Å²) in [5.41, 5.74) is 2.46. The van der Waals surface area contributed by atoms with E-state index in [2.05, 4.69) is 37.4 Å². The van der Waals surface area contributed by atoms with Crippen LogP contribution >= 0.6 is 11.6 Å². The third-order valence-electron chi connectivity index (χ3n) is 3.82. The third-order valence-corrected chi connectivity index (χ3v) is 4.17. The largest absolute Gasteiger partial charge is 0.381 e. The Balaban J connectivity index is 2.02. The van der Waals surface area contributed by atoms with Crippen LogP contribution in [0.5, 0.6) is 0 Å². The fraction of sp³-hybridized carbons (Fsp3) is 0.625. The smallest absolute Gasteiger partial charge is 0.0512 e. The number of nitrogens with one attached hydrogen (secondary N) is 1. The number of benzene rings is 1. The van der Waals surface area contributed by atoms with Gasteiger partial charge in [0.2, 0.25) is 0 Å². The van der Waals surface area contributed by atoms with Crippen molar-refractivity contribution < 1.29 is 4.74 Å². The van der Waals surface area contributed by atoms with Crippen LogP contribution in [-0.2, 0) is 11.2 Å². The highest BCUT2D eigenvalue weighted by molar-refractivity contribution is 6.31. The van der Waals surface area contributed by atoms with Gasteiger partial charge in [-0.1, -0.05) is 30.7 Å². The molecule has 0 saturated carbocycles. The lowest BCUT2D eigenvalue weighted by Crippen LogP contribution is -2.44. The maximum absolute atomic E-state index is 6.34. The van der Waals surface area contributed by atoms with Crippen LogP contribution in [0.25, 0.3) is 0 Å². The fourth-order valence-corrected chi connectivity index (χ4v) is 3.01. The normalized spacial score (nSPS) is 23.5. The molecule has 0 bridgehead atoms. The topological polar surface area (TPSA) is 21.3 Å². The highest BCUT2D eigenvalue weighted by atomic mass is 35.5. The van der Waals surface area contributed by atoms with Crippen molar-refractivity contribution in [3.8, 4) is 0 Å². The van der Waals surface area contributed by atoms with Crippen molar-refractivity contribution in [1.29, 1.82) is 0 Å².